The van der Waals surface area contributed by atoms with Crippen LogP contribution in [0.5, 0.6) is 0 Å². The monoisotopic (exact) mass is 299 g/mol. The lowest BCUT2D eigenvalue weighted by Crippen LogP contribution is -2.00. The van der Waals surface area contributed by atoms with Gasteiger partial charge in [0.05, 0.1) is 5.56 Å². The van der Waals surface area contributed by atoms with E-state index in [1.165, 1.54) is 23.9 Å². The number of aromatic carboxylic acids is 1. The van der Waals surface area contributed by atoms with Crippen molar-refractivity contribution in [2.75, 3.05) is 0 Å². The maximum Gasteiger partial charge on any atom is 0.338 e. The zero-order valence-corrected chi connectivity index (χ0v) is 11.3. The molecule has 0 radical (unpaired) electrons. The summed E-state index contributed by atoms with van der Waals surface area (Å²) in [6.07, 6.45) is 0. The molecule has 2 rings (SSSR count). The minimum absolute atomic E-state index is 0.124. The molecule has 0 saturated heterocycles. The lowest BCUT2D eigenvalue weighted by Gasteiger charge is -2.05. The zero-order chi connectivity index (χ0) is 13.1. The summed E-state index contributed by atoms with van der Waals surface area (Å²) in [6, 6.07) is 9.94. The van der Waals surface area contributed by atoms with Gasteiger partial charge in [-0.3, -0.25) is 0 Å². The van der Waals surface area contributed by atoms with E-state index in [0.717, 1.165) is 4.90 Å². The Hall–Kier alpha value is -1.23. The molecule has 0 bridgehead atoms. The lowest BCUT2D eigenvalue weighted by molar-refractivity contribution is 0.0692. The first kappa shape index (κ1) is 13.2. The number of aromatic nitrogens is 1. The normalized spacial score (nSPS) is 10.3. The standard InChI is InChI=1S/C12H7Cl2NO2S/c13-7-1-3-8(4-2-7)18-11-9(12(16)17)5-6-10(14)15-11/h1-6H,(H,16,17). The maximum atomic E-state index is 11.1. The highest BCUT2D eigenvalue weighted by atomic mass is 35.5. The van der Waals surface area contributed by atoms with Crippen molar-refractivity contribution in [1.82, 2.24) is 4.98 Å². The number of rotatable bonds is 3. The van der Waals surface area contributed by atoms with Crippen molar-refractivity contribution in [3.63, 3.8) is 0 Å². The molecule has 2 aromatic rings. The van der Waals surface area contributed by atoms with Gasteiger partial charge < -0.3 is 5.11 Å². The van der Waals surface area contributed by atoms with Crippen LogP contribution in [-0.2, 0) is 0 Å². The predicted octanol–water partition coefficient (Wildman–Crippen LogP) is 4.24. The van der Waals surface area contributed by atoms with Crippen molar-refractivity contribution in [2.45, 2.75) is 9.92 Å². The highest BCUT2D eigenvalue weighted by Crippen LogP contribution is 2.30. The van der Waals surface area contributed by atoms with Gasteiger partial charge in [0.25, 0.3) is 0 Å². The van der Waals surface area contributed by atoms with Crippen LogP contribution in [0.25, 0.3) is 0 Å². The third-order valence-corrected chi connectivity index (χ3v) is 3.56. The molecule has 0 aliphatic heterocycles. The van der Waals surface area contributed by atoms with Gasteiger partial charge >= 0.3 is 5.97 Å². The van der Waals surface area contributed by atoms with E-state index in [1.54, 1.807) is 24.3 Å². The van der Waals surface area contributed by atoms with Crippen LogP contribution in [0.15, 0.2) is 46.3 Å². The molecule has 0 spiro atoms. The van der Waals surface area contributed by atoms with Crippen molar-refractivity contribution in [3.8, 4) is 0 Å². The maximum absolute atomic E-state index is 11.1. The van der Waals surface area contributed by atoms with Crippen molar-refractivity contribution in [3.05, 3.63) is 52.1 Å². The molecule has 1 heterocycles. The van der Waals surface area contributed by atoms with Gasteiger partial charge in [-0.1, -0.05) is 35.0 Å². The van der Waals surface area contributed by atoms with Gasteiger partial charge in [-0.25, -0.2) is 9.78 Å². The second-order valence-corrected chi connectivity index (χ2v) is 5.23. The van der Waals surface area contributed by atoms with Crippen molar-refractivity contribution < 1.29 is 9.90 Å². The van der Waals surface area contributed by atoms with Gasteiger partial charge in [-0.05, 0) is 36.4 Å². The quantitative estimate of drug-likeness (QED) is 0.861. The van der Waals surface area contributed by atoms with Gasteiger partial charge in [0.1, 0.15) is 10.2 Å². The molecule has 0 atom stereocenters. The van der Waals surface area contributed by atoms with Gasteiger partial charge in [0.2, 0.25) is 0 Å². The Labute approximate surface area is 118 Å². The van der Waals surface area contributed by atoms with E-state index in [9.17, 15) is 4.79 Å². The van der Waals surface area contributed by atoms with Gasteiger partial charge in [0.15, 0.2) is 0 Å². The van der Waals surface area contributed by atoms with E-state index in [1.807, 2.05) is 0 Å². The molecule has 1 aromatic heterocycles. The van der Waals surface area contributed by atoms with Crippen molar-refractivity contribution in [1.29, 1.82) is 0 Å². The van der Waals surface area contributed by atoms with E-state index in [2.05, 4.69) is 4.98 Å². The molecule has 1 N–H and O–H groups in total. The van der Waals surface area contributed by atoms with Crippen LogP contribution < -0.4 is 0 Å². The Bertz CT molecular complexity index is 587. The first-order valence-corrected chi connectivity index (χ1v) is 6.47. The highest BCUT2D eigenvalue weighted by Gasteiger charge is 2.13. The molecular weight excluding hydrogens is 293 g/mol. The van der Waals surface area contributed by atoms with E-state index >= 15 is 0 Å². The second kappa shape index (κ2) is 5.61. The van der Waals surface area contributed by atoms with Gasteiger partial charge in [-0.15, -0.1) is 0 Å². The average molecular weight is 300 g/mol. The highest BCUT2D eigenvalue weighted by molar-refractivity contribution is 7.99. The van der Waals surface area contributed by atoms with Crippen LogP contribution in [0.4, 0.5) is 0 Å². The number of carboxylic acids is 1. The van der Waals surface area contributed by atoms with Gasteiger partial charge in [-0.2, -0.15) is 0 Å². The average Bonchev–Trinajstić information content (AvgIpc) is 2.32. The summed E-state index contributed by atoms with van der Waals surface area (Å²) in [7, 11) is 0. The van der Waals surface area contributed by atoms with Crippen LogP contribution in [0.3, 0.4) is 0 Å². The predicted molar refractivity (Wildman–Crippen MR) is 71.8 cm³/mol. The summed E-state index contributed by atoms with van der Waals surface area (Å²) in [5, 5.41) is 10.3. The smallest absolute Gasteiger partial charge is 0.338 e. The van der Waals surface area contributed by atoms with Crippen molar-refractivity contribution >= 4 is 40.9 Å². The minimum atomic E-state index is -1.03. The summed E-state index contributed by atoms with van der Waals surface area (Å²) in [6.45, 7) is 0. The van der Waals surface area contributed by atoms with Crippen LogP contribution in [0.1, 0.15) is 10.4 Å². The van der Waals surface area contributed by atoms with Crippen LogP contribution in [0.2, 0.25) is 10.2 Å². The number of carboxylic acid groups (broad SMARTS) is 1. The summed E-state index contributed by atoms with van der Waals surface area (Å²) < 4.78 is 0. The number of benzene rings is 1. The molecule has 6 heteroatoms. The fraction of sp³-hybridized carbons (Fsp3) is 0. The molecule has 1 aromatic carbocycles. The SMILES string of the molecule is O=C(O)c1ccc(Cl)nc1Sc1ccc(Cl)cc1. The fourth-order valence-corrected chi connectivity index (χ4v) is 2.50. The Balaban J connectivity index is 2.35. The van der Waals surface area contributed by atoms with E-state index < -0.39 is 5.97 Å². The van der Waals surface area contributed by atoms with E-state index in [-0.39, 0.29) is 10.7 Å². The fourth-order valence-electron chi connectivity index (χ4n) is 1.27. The minimum Gasteiger partial charge on any atom is -0.478 e. The first-order chi connectivity index (χ1) is 8.56. The molecule has 0 amide bonds. The summed E-state index contributed by atoms with van der Waals surface area (Å²) in [4.78, 5) is 15.9. The molecule has 3 nitrogen and oxygen atoms in total. The van der Waals surface area contributed by atoms with Crippen LogP contribution in [0, 0.1) is 0 Å². The number of nitrogens with zero attached hydrogens (tertiary/aromatic N) is 1. The van der Waals surface area contributed by atoms with Crippen LogP contribution >= 0.6 is 35.0 Å². The summed E-state index contributed by atoms with van der Waals surface area (Å²) >= 11 is 12.8. The molecular formula is C12H7Cl2NO2S. The number of hydrogen-bond donors (Lipinski definition) is 1. The summed E-state index contributed by atoms with van der Waals surface area (Å²) in [5.74, 6) is -1.03. The molecule has 0 saturated carbocycles. The van der Waals surface area contributed by atoms with Crippen LogP contribution in [-0.4, -0.2) is 16.1 Å². The lowest BCUT2D eigenvalue weighted by atomic mass is 10.3. The topological polar surface area (TPSA) is 50.2 Å². The number of hydrogen-bond acceptors (Lipinski definition) is 3. The second-order valence-electron chi connectivity index (χ2n) is 3.35. The third-order valence-electron chi connectivity index (χ3n) is 2.08. The molecule has 0 unspecified atom stereocenters. The molecule has 18 heavy (non-hydrogen) atoms. The summed E-state index contributed by atoms with van der Waals surface area (Å²) in [5.41, 5.74) is 0.124. The number of pyridine rings is 1. The van der Waals surface area contributed by atoms with Gasteiger partial charge in [0, 0.05) is 9.92 Å². The molecule has 92 valence electrons. The first-order valence-electron chi connectivity index (χ1n) is 4.89. The largest absolute Gasteiger partial charge is 0.478 e. The van der Waals surface area contributed by atoms with E-state index in [4.69, 9.17) is 28.3 Å². The Morgan fingerprint density at radius 2 is 1.78 bits per heavy atom. The Morgan fingerprint density at radius 1 is 1.11 bits per heavy atom. The van der Waals surface area contributed by atoms with Crippen molar-refractivity contribution in [2.24, 2.45) is 0 Å². The van der Waals surface area contributed by atoms with E-state index in [0.29, 0.717) is 10.0 Å². The number of halogens is 2. The molecule has 0 aliphatic rings. The number of carbonyl (C=O) groups is 1. The Morgan fingerprint density at radius 3 is 2.39 bits per heavy atom. The molecule has 0 aliphatic carbocycles. The third kappa shape index (κ3) is 3.16. The Kier molecular flexibility index (Phi) is 4.11. The molecule has 0 fully saturated rings. The zero-order valence-electron chi connectivity index (χ0n) is 8.93.